The van der Waals surface area contributed by atoms with Gasteiger partial charge in [-0.2, -0.15) is 0 Å². The van der Waals surface area contributed by atoms with Gasteiger partial charge in [-0.25, -0.2) is 8.42 Å². The lowest BCUT2D eigenvalue weighted by atomic mass is 9.91. The van der Waals surface area contributed by atoms with E-state index < -0.39 is 16.1 Å². The summed E-state index contributed by atoms with van der Waals surface area (Å²) in [4.78, 5) is 14.3. The Morgan fingerprint density at radius 3 is 2.23 bits per heavy atom. The number of carbonyl (C=O) groups is 1. The van der Waals surface area contributed by atoms with Crippen molar-refractivity contribution in [3.05, 3.63) is 89.4 Å². The average Bonchev–Trinajstić information content (AvgIpc) is 2.74. The van der Waals surface area contributed by atoms with Crippen LogP contribution in [0, 0.1) is 0 Å². The van der Waals surface area contributed by atoms with E-state index in [1.807, 2.05) is 49.4 Å². The Hall–Kier alpha value is -2.83. The van der Waals surface area contributed by atoms with Crippen molar-refractivity contribution in [2.24, 2.45) is 0 Å². The van der Waals surface area contributed by atoms with Gasteiger partial charge in [-0.1, -0.05) is 48.0 Å². The fourth-order valence-corrected chi connectivity index (χ4v) is 6.03. The summed E-state index contributed by atoms with van der Waals surface area (Å²) in [5.41, 5.74) is 2.11. The van der Waals surface area contributed by atoms with Gasteiger partial charge in [0.05, 0.1) is 16.6 Å². The standard InChI is InChI=1S/C24H23ClN2O3S/c1-17-16-24(22-10-6-7-11-23(22)26(17)18(2)28)27(20-8-4-3-5-9-20)31(29,30)21-14-12-19(25)13-15-21/h3-15,17,24H,16H2,1-2H3/t17-,24-/m1/s1. The summed E-state index contributed by atoms with van der Waals surface area (Å²) in [5.74, 6) is -0.0646. The third-order valence-electron chi connectivity index (χ3n) is 5.56. The topological polar surface area (TPSA) is 57.7 Å². The van der Waals surface area contributed by atoms with Gasteiger partial charge >= 0.3 is 0 Å². The molecule has 0 saturated heterocycles. The summed E-state index contributed by atoms with van der Waals surface area (Å²) in [6.07, 6.45) is 0.471. The second kappa shape index (κ2) is 8.36. The van der Waals surface area contributed by atoms with Crippen molar-refractivity contribution in [3.8, 4) is 0 Å². The van der Waals surface area contributed by atoms with E-state index in [0.29, 0.717) is 17.1 Å². The number of halogens is 1. The van der Waals surface area contributed by atoms with Crippen molar-refractivity contribution in [3.63, 3.8) is 0 Å². The summed E-state index contributed by atoms with van der Waals surface area (Å²) >= 11 is 5.99. The molecule has 1 amide bonds. The highest BCUT2D eigenvalue weighted by Crippen LogP contribution is 2.44. The number of hydrogen-bond acceptors (Lipinski definition) is 3. The fourth-order valence-electron chi connectivity index (χ4n) is 4.26. The molecular weight excluding hydrogens is 432 g/mol. The highest BCUT2D eigenvalue weighted by Gasteiger charge is 2.40. The van der Waals surface area contributed by atoms with Crippen LogP contribution in [-0.2, 0) is 14.8 Å². The van der Waals surface area contributed by atoms with E-state index in [1.165, 1.54) is 23.4 Å². The Balaban J connectivity index is 1.92. The molecule has 0 radical (unpaired) electrons. The first-order valence-corrected chi connectivity index (χ1v) is 11.9. The number of carbonyl (C=O) groups excluding carboxylic acids is 1. The maximum absolute atomic E-state index is 13.9. The molecule has 0 bridgehead atoms. The first kappa shape index (κ1) is 21.4. The molecule has 4 rings (SSSR count). The van der Waals surface area contributed by atoms with Gasteiger partial charge in [-0.15, -0.1) is 0 Å². The van der Waals surface area contributed by atoms with Gasteiger partial charge in [0.15, 0.2) is 0 Å². The van der Waals surface area contributed by atoms with Crippen LogP contribution in [0.2, 0.25) is 5.02 Å². The predicted octanol–water partition coefficient (Wildman–Crippen LogP) is 5.42. The molecule has 0 aliphatic carbocycles. The van der Waals surface area contributed by atoms with Crippen LogP contribution in [0.1, 0.15) is 31.9 Å². The number of hydrogen-bond donors (Lipinski definition) is 0. The Morgan fingerprint density at radius 2 is 1.58 bits per heavy atom. The van der Waals surface area contributed by atoms with Crippen LogP contribution in [0.25, 0.3) is 0 Å². The van der Waals surface area contributed by atoms with Gasteiger partial charge in [0, 0.05) is 23.7 Å². The summed E-state index contributed by atoms with van der Waals surface area (Å²) in [6, 6.07) is 22.1. The molecule has 0 spiro atoms. The van der Waals surface area contributed by atoms with Gasteiger partial charge in [0.2, 0.25) is 5.91 Å². The van der Waals surface area contributed by atoms with Crippen LogP contribution in [-0.4, -0.2) is 20.4 Å². The number of anilines is 2. The Bertz CT molecular complexity index is 1200. The molecule has 7 heteroatoms. The molecule has 0 aromatic heterocycles. The third-order valence-corrected chi connectivity index (χ3v) is 7.67. The van der Waals surface area contributed by atoms with Crippen molar-refractivity contribution in [1.82, 2.24) is 0 Å². The van der Waals surface area contributed by atoms with Gasteiger partial charge in [-0.05, 0) is 61.4 Å². The lowest BCUT2D eigenvalue weighted by Crippen LogP contribution is -2.47. The molecule has 0 unspecified atom stereocenters. The zero-order chi connectivity index (χ0) is 22.2. The number of amides is 1. The van der Waals surface area contributed by atoms with E-state index in [2.05, 4.69) is 0 Å². The second-order valence-corrected chi connectivity index (χ2v) is 9.89. The van der Waals surface area contributed by atoms with E-state index in [-0.39, 0.29) is 16.8 Å². The highest BCUT2D eigenvalue weighted by atomic mass is 35.5. The molecule has 1 aliphatic rings. The monoisotopic (exact) mass is 454 g/mol. The summed E-state index contributed by atoms with van der Waals surface area (Å²) in [6.45, 7) is 3.48. The minimum absolute atomic E-state index is 0.0646. The molecule has 0 N–H and O–H groups in total. The molecule has 0 saturated carbocycles. The molecule has 160 valence electrons. The zero-order valence-electron chi connectivity index (χ0n) is 17.3. The van der Waals surface area contributed by atoms with Crippen LogP contribution in [0.15, 0.2) is 83.8 Å². The largest absolute Gasteiger partial charge is 0.309 e. The Morgan fingerprint density at radius 1 is 0.968 bits per heavy atom. The first-order valence-electron chi connectivity index (χ1n) is 10.0. The SMILES string of the molecule is CC(=O)N1c2ccccc2[C@H](N(c2ccccc2)S(=O)(=O)c2ccc(Cl)cc2)C[C@H]1C. The molecule has 5 nitrogen and oxygen atoms in total. The molecule has 2 atom stereocenters. The molecular formula is C24H23ClN2O3S. The van der Waals surface area contributed by atoms with Crippen LogP contribution in [0.5, 0.6) is 0 Å². The van der Waals surface area contributed by atoms with E-state index in [1.54, 1.807) is 29.2 Å². The van der Waals surface area contributed by atoms with Crippen molar-refractivity contribution in [2.75, 3.05) is 9.21 Å². The summed E-state index contributed by atoms with van der Waals surface area (Å²) < 4.78 is 29.2. The zero-order valence-corrected chi connectivity index (χ0v) is 18.8. The molecule has 1 aliphatic heterocycles. The van der Waals surface area contributed by atoms with Gasteiger partial charge in [-0.3, -0.25) is 9.10 Å². The number of para-hydroxylation sites is 2. The van der Waals surface area contributed by atoms with Crippen molar-refractivity contribution < 1.29 is 13.2 Å². The quantitative estimate of drug-likeness (QED) is 0.528. The fraction of sp³-hybridized carbons (Fsp3) is 0.208. The van der Waals surface area contributed by atoms with E-state index in [4.69, 9.17) is 11.6 Å². The molecule has 3 aromatic rings. The minimum atomic E-state index is -3.90. The summed E-state index contributed by atoms with van der Waals surface area (Å²) in [5, 5.41) is 0.471. The Labute approximate surface area is 187 Å². The van der Waals surface area contributed by atoms with E-state index in [0.717, 1.165) is 11.3 Å². The van der Waals surface area contributed by atoms with E-state index >= 15 is 0 Å². The lowest BCUT2D eigenvalue weighted by Gasteiger charge is -2.43. The molecule has 1 heterocycles. The summed E-state index contributed by atoms with van der Waals surface area (Å²) in [7, 11) is -3.90. The van der Waals surface area contributed by atoms with Gasteiger partial charge < -0.3 is 4.90 Å². The van der Waals surface area contributed by atoms with Gasteiger partial charge in [0.1, 0.15) is 0 Å². The lowest BCUT2D eigenvalue weighted by molar-refractivity contribution is -0.117. The van der Waals surface area contributed by atoms with Crippen molar-refractivity contribution in [2.45, 2.75) is 37.2 Å². The maximum Gasteiger partial charge on any atom is 0.264 e. The number of sulfonamides is 1. The maximum atomic E-state index is 13.9. The minimum Gasteiger partial charge on any atom is -0.309 e. The number of rotatable bonds is 4. The van der Waals surface area contributed by atoms with Crippen LogP contribution in [0.3, 0.4) is 0 Å². The predicted molar refractivity (Wildman–Crippen MR) is 124 cm³/mol. The Kier molecular flexibility index (Phi) is 5.77. The third kappa shape index (κ3) is 3.93. The van der Waals surface area contributed by atoms with Crippen molar-refractivity contribution >= 4 is 38.9 Å². The molecule has 0 fully saturated rings. The molecule has 31 heavy (non-hydrogen) atoms. The number of nitrogens with zero attached hydrogens (tertiary/aromatic N) is 2. The van der Waals surface area contributed by atoms with Crippen LogP contribution < -0.4 is 9.21 Å². The normalized spacial score (nSPS) is 18.4. The van der Waals surface area contributed by atoms with Gasteiger partial charge in [0.25, 0.3) is 10.0 Å². The first-order chi connectivity index (χ1) is 14.8. The van der Waals surface area contributed by atoms with Crippen molar-refractivity contribution in [1.29, 1.82) is 0 Å². The highest BCUT2D eigenvalue weighted by molar-refractivity contribution is 7.92. The number of fused-ring (bicyclic) bond motifs is 1. The number of benzene rings is 3. The molecule has 3 aromatic carbocycles. The van der Waals surface area contributed by atoms with Crippen LogP contribution in [0.4, 0.5) is 11.4 Å². The van der Waals surface area contributed by atoms with Crippen LogP contribution >= 0.6 is 11.6 Å². The smallest absolute Gasteiger partial charge is 0.264 e. The van der Waals surface area contributed by atoms with E-state index in [9.17, 15) is 13.2 Å². The second-order valence-electron chi connectivity index (χ2n) is 7.64. The average molecular weight is 455 g/mol.